The van der Waals surface area contributed by atoms with E-state index in [0.717, 1.165) is 116 Å². The molecule has 0 saturated carbocycles. The monoisotopic (exact) mass is 972 g/mol. The van der Waals surface area contributed by atoms with Gasteiger partial charge >= 0.3 is 0 Å². The van der Waals surface area contributed by atoms with Gasteiger partial charge in [0.1, 0.15) is 28.0 Å². The Morgan fingerprint density at radius 1 is 0.623 bits per heavy atom. The molecule has 69 heavy (non-hydrogen) atoms. The van der Waals surface area contributed by atoms with Gasteiger partial charge in [-0.2, -0.15) is 0 Å². The van der Waals surface area contributed by atoms with Crippen LogP contribution in [0.4, 0.5) is 0 Å². The molecule has 13 nitrogen and oxygen atoms in total. The molecule has 0 amide bonds. The summed E-state index contributed by atoms with van der Waals surface area (Å²) in [6.45, 7) is 15.0. The SMILES string of the molecule is C[C@H]1CN(Cc2cccc(-c3ccnc(CCCc4ccc(O)c(S(C)(=O)=O)c4)n3)c2)[C@@H](C)CN1.C[C@H]1CN(Cc2cccc(-c3ccnc(CCCc4ccc(O)c(S(C)=O)c4)n3)c2)[C@@H](C)CN1. The highest BCUT2D eigenvalue weighted by Gasteiger charge is 2.24. The fourth-order valence-corrected chi connectivity index (χ4v) is 10.5. The van der Waals surface area contributed by atoms with Crippen molar-refractivity contribution in [2.24, 2.45) is 0 Å². The van der Waals surface area contributed by atoms with Crippen LogP contribution in [0.1, 0.15) is 74.4 Å². The first-order valence-electron chi connectivity index (χ1n) is 24.0. The molecule has 2 fully saturated rings. The summed E-state index contributed by atoms with van der Waals surface area (Å²) in [4.78, 5) is 24.0. The van der Waals surface area contributed by atoms with Gasteiger partial charge in [0.05, 0.1) is 27.1 Å². The molecule has 6 aromatic rings. The highest BCUT2D eigenvalue weighted by Crippen LogP contribution is 2.27. The number of phenolic OH excluding ortho intramolecular Hbond substituents is 2. The minimum atomic E-state index is -3.47. The molecule has 0 aliphatic carbocycles. The Morgan fingerprint density at radius 3 is 1.58 bits per heavy atom. The number of aromatic hydroxyl groups is 2. The van der Waals surface area contributed by atoms with Gasteiger partial charge in [-0.05, 0) is 124 Å². The number of rotatable bonds is 16. The average molecular weight is 973 g/mol. The first-order chi connectivity index (χ1) is 33.1. The Morgan fingerprint density at radius 2 is 1.10 bits per heavy atom. The first-order valence-corrected chi connectivity index (χ1v) is 27.5. The van der Waals surface area contributed by atoms with Crippen molar-refractivity contribution >= 4 is 20.6 Å². The van der Waals surface area contributed by atoms with Crippen molar-refractivity contribution in [1.29, 1.82) is 0 Å². The molecule has 15 heteroatoms. The van der Waals surface area contributed by atoms with Gasteiger partial charge in [0.25, 0.3) is 0 Å². The van der Waals surface area contributed by atoms with Crippen LogP contribution in [0.3, 0.4) is 0 Å². The molecule has 1 unspecified atom stereocenters. The molecule has 2 saturated heterocycles. The maximum absolute atomic E-state index is 11.9. The van der Waals surface area contributed by atoms with Crippen LogP contribution in [0.15, 0.2) is 119 Å². The third-order valence-corrected chi connectivity index (χ3v) is 15.0. The van der Waals surface area contributed by atoms with Crippen molar-refractivity contribution in [3.8, 4) is 34.0 Å². The number of hydrogen-bond acceptors (Lipinski definition) is 13. The van der Waals surface area contributed by atoms with E-state index in [9.17, 15) is 22.8 Å². The molecule has 2 aliphatic rings. The quantitative estimate of drug-likeness (QED) is 0.0750. The van der Waals surface area contributed by atoms with Crippen LogP contribution >= 0.6 is 0 Å². The van der Waals surface area contributed by atoms with Crippen LogP contribution in [0.2, 0.25) is 0 Å². The van der Waals surface area contributed by atoms with E-state index in [2.05, 4.69) is 107 Å². The van der Waals surface area contributed by atoms with E-state index in [1.807, 2.05) is 30.5 Å². The Labute approximate surface area is 411 Å². The van der Waals surface area contributed by atoms with Crippen LogP contribution in [0.5, 0.6) is 11.5 Å². The zero-order chi connectivity index (χ0) is 49.1. The zero-order valence-corrected chi connectivity index (χ0v) is 42.4. The number of aryl methyl sites for hydroxylation is 4. The highest BCUT2D eigenvalue weighted by atomic mass is 32.2. The van der Waals surface area contributed by atoms with Crippen LogP contribution in [0, 0.1) is 0 Å². The van der Waals surface area contributed by atoms with Gasteiger partial charge in [-0.25, -0.2) is 28.4 Å². The van der Waals surface area contributed by atoms with Crippen LogP contribution < -0.4 is 10.6 Å². The number of phenols is 2. The van der Waals surface area contributed by atoms with E-state index in [0.29, 0.717) is 41.9 Å². The summed E-state index contributed by atoms with van der Waals surface area (Å²) in [6.07, 6.45) is 10.9. The number of aromatic nitrogens is 4. The van der Waals surface area contributed by atoms with Crippen LogP contribution in [0.25, 0.3) is 22.5 Å². The lowest BCUT2D eigenvalue weighted by atomic mass is 10.0. The van der Waals surface area contributed by atoms with Gasteiger partial charge in [-0.3, -0.25) is 14.0 Å². The minimum Gasteiger partial charge on any atom is -0.507 e. The second-order valence-corrected chi connectivity index (χ2v) is 22.2. The van der Waals surface area contributed by atoms with Crippen molar-refractivity contribution in [2.75, 3.05) is 38.7 Å². The minimum absolute atomic E-state index is 0.0298. The maximum Gasteiger partial charge on any atom is 0.179 e. The highest BCUT2D eigenvalue weighted by molar-refractivity contribution is 7.90. The zero-order valence-electron chi connectivity index (χ0n) is 40.8. The molecule has 366 valence electrons. The van der Waals surface area contributed by atoms with E-state index in [1.165, 1.54) is 17.2 Å². The number of sulfone groups is 1. The molecular formula is C54H68N8O5S2. The molecular weight excluding hydrogens is 905 g/mol. The standard InChI is InChI=1S/C27H34N4O3S.C27H34N4O2S/c1-19-17-31(20(2)16-29-19)18-22-7-4-8-23(14-22)24-12-13-28-27(30-24)9-5-6-21-10-11-25(32)26(15-21)35(3,33)34;1-19-17-31(20(2)16-29-19)18-22-7-4-8-23(14-22)24-12-13-28-27(30-24)9-5-6-21-10-11-25(32)26(15-21)34(3)33/h4,7-8,10-15,19-20,29,32H,5-6,9,16-18H2,1-3H3;4,7-8,10-15,19-20,29,32H,5-6,9,16-18H2,1-3H3/t19-,20-;19-,20-,34?/m00/s1. The molecule has 0 bridgehead atoms. The largest absolute Gasteiger partial charge is 0.507 e. The lowest BCUT2D eigenvalue weighted by Gasteiger charge is -2.37. The topological polar surface area (TPSA) is 174 Å². The predicted octanol–water partition coefficient (Wildman–Crippen LogP) is 7.55. The Bertz CT molecular complexity index is 2810. The summed E-state index contributed by atoms with van der Waals surface area (Å²) in [5.41, 5.74) is 8.55. The molecule has 4 heterocycles. The Balaban J connectivity index is 0.000000204. The molecule has 5 atom stereocenters. The van der Waals surface area contributed by atoms with Gasteiger partial charge in [0, 0.05) is 112 Å². The summed E-state index contributed by atoms with van der Waals surface area (Å²) in [6, 6.07) is 33.3. The maximum atomic E-state index is 11.9. The lowest BCUT2D eigenvalue weighted by molar-refractivity contribution is 0.139. The number of hydrogen-bond donors (Lipinski definition) is 4. The smallest absolute Gasteiger partial charge is 0.179 e. The van der Waals surface area contributed by atoms with Crippen molar-refractivity contribution in [1.82, 2.24) is 40.4 Å². The van der Waals surface area contributed by atoms with E-state index in [-0.39, 0.29) is 16.4 Å². The molecule has 2 aromatic heterocycles. The summed E-state index contributed by atoms with van der Waals surface area (Å²) >= 11 is 0. The Kier molecular flexibility index (Phi) is 17.8. The fourth-order valence-electron chi connectivity index (χ4n) is 8.98. The molecule has 4 N–H and O–H groups in total. The van der Waals surface area contributed by atoms with E-state index in [4.69, 9.17) is 9.97 Å². The van der Waals surface area contributed by atoms with Crippen LogP contribution in [-0.2, 0) is 59.4 Å². The molecule has 4 aromatic carbocycles. The summed E-state index contributed by atoms with van der Waals surface area (Å²) in [5, 5.41) is 26.8. The summed E-state index contributed by atoms with van der Waals surface area (Å²) in [7, 11) is -4.68. The van der Waals surface area contributed by atoms with Gasteiger partial charge in [-0.1, -0.05) is 48.5 Å². The lowest BCUT2D eigenvalue weighted by Crippen LogP contribution is -2.53. The Hall–Kier alpha value is -5.42. The summed E-state index contributed by atoms with van der Waals surface area (Å²) in [5.74, 6) is 1.46. The number of nitrogens with one attached hydrogen (secondary N) is 2. The van der Waals surface area contributed by atoms with E-state index < -0.39 is 20.6 Å². The summed E-state index contributed by atoms with van der Waals surface area (Å²) < 4.78 is 35.5. The number of nitrogens with zero attached hydrogens (tertiary/aromatic N) is 6. The fraction of sp³-hybridized carbons (Fsp3) is 0.407. The first kappa shape index (κ1) is 51.4. The van der Waals surface area contributed by atoms with Crippen molar-refractivity contribution < 1.29 is 22.8 Å². The number of benzene rings is 4. The normalized spacial score (nSPS) is 19.4. The van der Waals surface area contributed by atoms with Crippen molar-refractivity contribution in [3.63, 3.8) is 0 Å². The van der Waals surface area contributed by atoms with E-state index >= 15 is 0 Å². The predicted molar refractivity (Wildman–Crippen MR) is 275 cm³/mol. The third kappa shape index (κ3) is 14.8. The van der Waals surface area contributed by atoms with E-state index in [1.54, 1.807) is 30.7 Å². The second kappa shape index (κ2) is 23.9. The van der Waals surface area contributed by atoms with Crippen molar-refractivity contribution in [3.05, 3.63) is 143 Å². The van der Waals surface area contributed by atoms with Gasteiger partial charge in [-0.15, -0.1) is 0 Å². The van der Waals surface area contributed by atoms with Gasteiger partial charge in [0.2, 0.25) is 0 Å². The molecule has 8 rings (SSSR count). The molecule has 2 aliphatic heterocycles. The average Bonchev–Trinajstić information content (AvgIpc) is 3.32. The number of piperazine rings is 2. The van der Waals surface area contributed by atoms with Crippen molar-refractivity contribution in [2.45, 2.75) is 113 Å². The molecule has 0 spiro atoms. The second-order valence-electron chi connectivity index (χ2n) is 18.8. The third-order valence-electron chi connectivity index (χ3n) is 12.9. The van der Waals surface area contributed by atoms with Gasteiger partial charge < -0.3 is 20.8 Å². The van der Waals surface area contributed by atoms with Gasteiger partial charge in [0.15, 0.2) is 9.84 Å². The van der Waals surface area contributed by atoms with Crippen LogP contribution in [-0.4, -0.2) is 115 Å². The molecule has 0 radical (unpaired) electrons.